The molecule has 132 valence electrons. The Morgan fingerprint density at radius 2 is 2.08 bits per heavy atom. The number of anilines is 1. The van der Waals surface area contributed by atoms with Crippen LogP contribution in [0.4, 0.5) is 5.13 Å². The Morgan fingerprint density at radius 1 is 1.27 bits per heavy atom. The Morgan fingerprint density at radius 3 is 2.81 bits per heavy atom. The van der Waals surface area contributed by atoms with E-state index in [2.05, 4.69) is 15.5 Å². The number of aryl methyl sites for hydroxylation is 1. The number of aromatic nitrogens is 2. The molecule has 0 atom stereocenters. The summed E-state index contributed by atoms with van der Waals surface area (Å²) in [4.78, 5) is 32.1. The smallest absolute Gasteiger partial charge is 0.279 e. The van der Waals surface area contributed by atoms with Crippen molar-refractivity contribution in [3.63, 3.8) is 0 Å². The van der Waals surface area contributed by atoms with Gasteiger partial charge in [0.05, 0.1) is 12.2 Å². The molecule has 8 heteroatoms. The summed E-state index contributed by atoms with van der Waals surface area (Å²) in [5, 5.41) is 6.96. The number of benzene rings is 1. The van der Waals surface area contributed by atoms with Crippen molar-refractivity contribution in [2.75, 3.05) is 11.9 Å². The van der Waals surface area contributed by atoms with E-state index in [-0.39, 0.29) is 17.5 Å². The molecule has 2 amide bonds. The monoisotopic (exact) mass is 368 g/mol. The zero-order valence-corrected chi connectivity index (χ0v) is 14.9. The van der Waals surface area contributed by atoms with Crippen LogP contribution in [-0.4, -0.2) is 33.4 Å². The van der Waals surface area contributed by atoms with E-state index in [1.165, 1.54) is 11.3 Å². The van der Waals surface area contributed by atoms with Crippen LogP contribution in [0, 0.1) is 6.92 Å². The van der Waals surface area contributed by atoms with Gasteiger partial charge in [0, 0.05) is 29.5 Å². The first kappa shape index (κ1) is 16.5. The fraction of sp³-hybridized carbons (Fsp3) is 0.222. The lowest BCUT2D eigenvalue weighted by molar-refractivity contribution is 0.0736. The van der Waals surface area contributed by atoms with Crippen molar-refractivity contribution in [3.05, 3.63) is 64.0 Å². The van der Waals surface area contributed by atoms with Gasteiger partial charge in [-0.25, -0.2) is 4.98 Å². The second-order valence-electron chi connectivity index (χ2n) is 6.01. The molecule has 1 aliphatic heterocycles. The van der Waals surface area contributed by atoms with E-state index < -0.39 is 0 Å². The first-order valence-electron chi connectivity index (χ1n) is 8.18. The maximum absolute atomic E-state index is 12.6. The molecule has 4 rings (SSSR count). The Labute approximate surface area is 153 Å². The van der Waals surface area contributed by atoms with Crippen LogP contribution in [0.2, 0.25) is 0 Å². The number of fused-ring (bicyclic) bond motifs is 1. The molecule has 0 radical (unpaired) electrons. The highest BCUT2D eigenvalue weighted by atomic mass is 32.1. The maximum Gasteiger partial charge on any atom is 0.279 e. The molecule has 1 N–H and O–H groups in total. The summed E-state index contributed by atoms with van der Waals surface area (Å²) in [5.74, 6) is 0.224. The number of thiazole rings is 1. The molecule has 1 aliphatic rings. The molecule has 0 unspecified atom stereocenters. The molecule has 0 spiro atoms. The minimum atomic E-state index is -0.356. The summed E-state index contributed by atoms with van der Waals surface area (Å²) < 4.78 is 4.92. The number of carbonyl (C=O) groups excluding carboxylic acids is 2. The van der Waals surface area contributed by atoms with Crippen LogP contribution in [0.15, 0.2) is 40.9 Å². The largest absolute Gasteiger partial charge is 0.361 e. The zero-order valence-electron chi connectivity index (χ0n) is 14.1. The number of carbonyl (C=O) groups is 2. The molecule has 26 heavy (non-hydrogen) atoms. The third kappa shape index (κ3) is 3.23. The summed E-state index contributed by atoms with van der Waals surface area (Å²) in [6.07, 6.45) is 0.670. The van der Waals surface area contributed by atoms with E-state index in [1.807, 2.05) is 35.2 Å². The quantitative estimate of drug-likeness (QED) is 0.768. The van der Waals surface area contributed by atoms with Gasteiger partial charge in [-0.2, -0.15) is 0 Å². The SMILES string of the molecule is Cc1cc(C(=O)Nc2nc3c(s2)CN(C(=O)c2ccccc2)CC3)no1. The highest BCUT2D eigenvalue weighted by Gasteiger charge is 2.25. The second-order valence-corrected chi connectivity index (χ2v) is 7.09. The van der Waals surface area contributed by atoms with E-state index in [4.69, 9.17) is 4.52 Å². The van der Waals surface area contributed by atoms with E-state index in [9.17, 15) is 9.59 Å². The van der Waals surface area contributed by atoms with Crippen LogP contribution in [0.25, 0.3) is 0 Å². The molecular weight excluding hydrogens is 352 g/mol. The van der Waals surface area contributed by atoms with E-state index in [0.29, 0.717) is 36.0 Å². The van der Waals surface area contributed by atoms with E-state index >= 15 is 0 Å². The van der Waals surface area contributed by atoms with Crippen molar-refractivity contribution in [2.45, 2.75) is 19.9 Å². The number of nitrogens with one attached hydrogen (secondary N) is 1. The van der Waals surface area contributed by atoms with Crippen molar-refractivity contribution in [1.82, 2.24) is 15.0 Å². The van der Waals surface area contributed by atoms with Crippen molar-refractivity contribution in [1.29, 1.82) is 0 Å². The van der Waals surface area contributed by atoms with Crippen LogP contribution >= 0.6 is 11.3 Å². The van der Waals surface area contributed by atoms with Crippen LogP contribution < -0.4 is 5.32 Å². The van der Waals surface area contributed by atoms with Crippen molar-refractivity contribution < 1.29 is 14.1 Å². The van der Waals surface area contributed by atoms with E-state index in [1.54, 1.807) is 13.0 Å². The lowest BCUT2D eigenvalue weighted by atomic mass is 10.1. The minimum absolute atomic E-state index is 0.00769. The normalized spacial score (nSPS) is 13.3. The van der Waals surface area contributed by atoms with Crippen LogP contribution in [0.3, 0.4) is 0 Å². The Hall–Kier alpha value is -3.00. The van der Waals surface area contributed by atoms with Crippen LogP contribution in [0.1, 0.15) is 37.2 Å². The average molecular weight is 368 g/mol. The first-order chi connectivity index (χ1) is 12.6. The highest BCUT2D eigenvalue weighted by molar-refractivity contribution is 7.15. The summed E-state index contributed by atoms with van der Waals surface area (Å²) >= 11 is 1.39. The topological polar surface area (TPSA) is 88.3 Å². The lowest BCUT2D eigenvalue weighted by Crippen LogP contribution is -2.35. The van der Waals surface area contributed by atoms with Gasteiger partial charge in [0.25, 0.3) is 11.8 Å². The molecule has 2 aromatic heterocycles. The number of hydrogen-bond donors (Lipinski definition) is 1. The Bertz CT molecular complexity index is 964. The van der Waals surface area contributed by atoms with Gasteiger partial charge in [-0.3, -0.25) is 14.9 Å². The number of rotatable bonds is 3. The van der Waals surface area contributed by atoms with Crippen LogP contribution in [-0.2, 0) is 13.0 Å². The van der Waals surface area contributed by atoms with Gasteiger partial charge in [-0.1, -0.05) is 34.7 Å². The first-order valence-corrected chi connectivity index (χ1v) is 8.99. The summed E-state index contributed by atoms with van der Waals surface area (Å²) in [6, 6.07) is 10.8. The predicted octanol–water partition coefficient (Wildman–Crippen LogP) is 2.89. The summed E-state index contributed by atoms with van der Waals surface area (Å²) in [6.45, 7) is 2.84. The molecular formula is C18H16N4O3S. The lowest BCUT2D eigenvalue weighted by Gasteiger charge is -2.26. The minimum Gasteiger partial charge on any atom is -0.361 e. The molecule has 3 heterocycles. The standard InChI is InChI=1S/C18H16N4O3S/c1-11-9-14(21-25-11)16(23)20-18-19-13-7-8-22(10-15(13)26-18)17(24)12-5-3-2-4-6-12/h2-6,9H,7-8,10H2,1H3,(H,19,20,23). The zero-order chi connectivity index (χ0) is 18.1. The fourth-order valence-electron chi connectivity index (χ4n) is 2.82. The van der Waals surface area contributed by atoms with Gasteiger partial charge in [0.2, 0.25) is 0 Å². The van der Waals surface area contributed by atoms with Crippen molar-refractivity contribution in [2.24, 2.45) is 0 Å². The van der Waals surface area contributed by atoms with Gasteiger partial charge in [0.15, 0.2) is 10.8 Å². The molecule has 1 aromatic carbocycles. The van der Waals surface area contributed by atoms with Gasteiger partial charge >= 0.3 is 0 Å². The van der Waals surface area contributed by atoms with Gasteiger partial charge in [-0.05, 0) is 19.1 Å². The molecule has 0 saturated heterocycles. The molecule has 0 fully saturated rings. The summed E-state index contributed by atoms with van der Waals surface area (Å²) in [5.41, 5.74) is 1.82. The Kier molecular flexibility index (Phi) is 4.26. The third-order valence-electron chi connectivity index (χ3n) is 4.12. The fourth-order valence-corrected chi connectivity index (χ4v) is 3.84. The van der Waals surface area contributed by atoms with Gasteiger partial charge in [0.1, 0.15) is 5.76 Å². The Balaban J connectivity index is 1.47. The average Bonchev–Trinajstić information content (AvgIpc) is 3.26. The molecule has 3 aromatic rings. The molecule has 7 nitrogen and oxygen atoms in total. The van der Waals surface area contributed by atoms with Gasteiger partial charge < -0.3 is 9.42 Å². The third-order valence-corrected chi connectivity index (χ3v) is 5.12. The summed E-state index contributed by atoms with van der Waals surface area (Å²) in [7, 11) is 0. The predicted molar refractivity (Wildman–Crippen MR) is 96.2 cm³/mol. The molecule has 0 saturated carbocycles. The second kappa shape index (κ2) is 6.72. The maximum atomic E-state index is 12.6. The highest BCUT2D eigenvalue weighted by Crippen LogP contribution is 2.29. The molecule has 0 aliphatic carbocycles. The molecule has 0 bridgehead atoms. The number of nitrogens with zero attached hydrogens (tertiary/aromatic N) is 3. The van der Waals surface area contributed by atoms with E-state index in [0.717, 1.165) is 10.6 Å². The number of amides is 2. The van der Waals surface area contributed by atoms with Crippen molar-refractivity contribution in [3.8, 4) is 0 Å². The van der Waals surface area contributed by atoms with Crippen LogP contribution in [0.5, 0.6) is 0 Å². The number of hydrogen-bond acceptors (Lipinski definition) is 6. The van der Waals surface area contributed by atoms with Gasteiger partial charge in [-0.15, -0.1) is 0 Å². The van der Waals surface area contributed by atoms with Crippen molar-refractivity contribution >= 4 is 28.3 Å².